The molecule has 0 bridgehead atoms. The van der Waals surface area contributed by atoms with Gasteiger partial charge in [-0.05, 0) is 18.2 Å². The number of thioether (sulfide) groups is 1. The Bertz CT molecular complexity index is 880. The van der Waals surface area contributed by atoms with Crippen LogP contribution in [-0.4, -0.2) is 69.9 Å². The van der Waals surface area contributed by atoms with Crippen molar-refractivity contribution < 1.29 is 22.5 Å². The van der Waals surface area contributed by atoms with Gasteiger partial charge in [-0.15, -0.1) is 0 Å². The van der Waals surface area contributed by atoms with Gasteiger partial charge >= 0.3 is 0 Å². The van der Waals surface area contributed by atoms with Crippen LogP contribution in [0.15, 0.2) is 32.7 Å². The maximum Gasteiger partial charge on any atom is 0.256 e. The van der Waals surface area contributed by atoms with Crippen molar-refractivity contribution in [1.82, 2.24) is 9.29 Å². The summed E-state index contributed by atoms with van der Waals surface area (Å²) in [5.74, 6) is 1.45. The lowest BCUT2D eigenvalue weighted by Gasteiger charge is -2.30. The first-order chi connectivity index (χ1) is 12.8. The van der Waals surface area contributed by atoms with E-state index in [1.807, 2.05) is 0 Å². The first-order valence-electron chi connectivity index (χ1n) is 9.17. The highest BCUT2D eigenvalue weighted by atomic mass is 32.2. The highest BCUT2D eigenvalue weighted by molar-refractivity contribution is 7.99. The first-order valence-corrected chi connectivity index (χ1v) is 11.6. The first kappa shape index (κ1) is 20.6. The molecule has 0 saturated carbocycles. The van der Waals surface area contributed by atoms with Gasteiger partial charge in [0.05, 0.1) is 18.0 Å². The number of morpholine rings is 1. The summed E-state index contributed by atoms with van der Waals surface area (Å²) >= 11 is 1.52. The molecule has 3 rings (SSSR count). The third-order valence-corrected chi connectivity index (χ3v) is 7.30. The molecule has 0 aliphatic carbocycles. The van der Waals surface area contributed by atoms with Crippen molar-refractivity contribution in [2.24, 2.45) is 5.92 Å². The fourth-order valence-corrected chi connectivity index (χ4v) is 4.98. The monoisotopic (exact) mass is 414 g/mol. The summed E-state index contributed by atoms with van der Waals surface area (Å²) in [5.41, 5.74) is 1.14. The topological polar surface area (TPSA) is 77.1 Å². The number of rotatable bonds is 7. The molecule has 1 aliphatic heterocycles. The molecule has 0 amide bonds. The second kappa shape index (κ2) is 8.48. The van der Waals surface area contributed by atoms with Crippen LogP contribution in [0.1, 0.15) is 13.8 Å². The Morgan fingerprint density at radius 2 is 2.15 bits per heavy atom. The Labute approximate surface area is 165 Å². The predicted octanol–water partition coefficient (Wildman–Crippen LogP) is 1.11. The van der Waals surface area contributed by atoms with Crippen LogP contribution in [0, 0.1) is 5.92 Å². The molecule has 2 atom stereocenters. The van der Waals surface area contributed by atoms with E-state index in [4.69, 9.17) is 9.15 Å². The highest BCUT2D eigenvalue weighted by Crippen LogP contribution is 2.26. The van der Waals surface area contributed by atoms with Gasteiger partial charge in [0.15, 0.2) is 5.58 Å². The fraction of sp³-hybridized carbons (Fsp3) is 0.611. The molecular formula is C18H28N3O4S2+. The van der Waals surface area contributed by atoms with E-state index in [-0.39, 0.29) is 11.0 Å². The van der Waals surface area contributed by atoms with E-state index in [1.54, 1.807) is 23.1 Å². The number of oxazole rings is 1. The lowest BCUT2D eigenvalue weighted by Crippen LogP contribution is -3.15. The van der Waals surface area contributed by atoms with Crippen molar-refractivity contribution in [3.05, 3.63) is 18.2 Å². The van der Waals surface area contributed by atoms with Crippen LogP contribution in [0.5, 0.6) is 0 Å². The van der Waals surface area contributed by atoms with Gasteiger partial charge in [0.1, 0.15) is 24.7 Å². The number of sulfonamides is 1. The third-order valence-electron chi connectivity index (χ3n) is 4.53. The van der Waals surface area contributed by atoms with Crippen molar-refractivity contribution in [2.75, 3.05) is 46.1 Å². The summed E-state index contributed by atoms with van der Waals surface area (Å²) in [7, 11) is -0.458. The molecule has 1 saturated heterocycles. The number of quaternary nitrogens is 1. The van der Waals surface area contributed by atoms with Crippen LogP contribution in [-0.2, 0) is 14.8 Å². The third kappa shape index (κ3) is 5.03. The number of aromatic nitrogens is 1. The molecule has 2 heterocycles. The van der Waals surface area contributed by atoms with Gasteiger partial charge in [0.2, 0.25) is 10.0 Å². The van der Waals surface area contributed by atoms with E-state index in [0.717, 1.165) is 32.0 Å². The van der Waals surface area contributed by atoms with Crippen molar-refractivity contribution >= 4 is 32.9 Å². The summed E-state index contributed by atoms with van der Waals surface area (Å²) in [6.07, 6.45) is 0.178. The molecule has 27 heavy (non-hydrogen) atoms. The number of hydrogen-bond donors (Lipinski definition) is 1. The Balaban J connectivity index is 1.66. The van der Waals surface area contributed by atoms with Gasteiger partial charge in [0.25, 0.3) is 5.22 Å². The van der Waals surface area contributed by atoms with Crippen LogP contribution in [0.4, 0.5) is 0 Å². The highest BCUT2D eigenvalue weighted by Gasteiger charge is 2.25. The Morgan fingerprint density at radius 1 is 1.37 bits per heavy atom. The maximum absolute atomic E-state index is 12.3. The number of ether oxygens (including phenoxy) is 1. The molecule has 1 fully saturated rings. The maximum atomic E-state index is 12.3. The van der Waals surface area contributed by atoms with E-state index >= 15 is 0 Å². The van der Waals surface area contributed by atoms with Crippen LogP contribution in [0.3, 0.4) is 0 Å². The smallest absolute Gasteiger partial charge is 0.256 e. The molecule has 1 aromatic heterocycles. The van der Waals surface area contributed by atoms with E-state index in [0.29, 0.717) is 22.2 Å². The zero-order valence-corrected chi connectivity index (χ0v) is 17.9. The van der Waals surface area contributed by atoms with E-state index < -0.39 is 10.0 Å². The SMILES string of the molecule is CC(C)C[NH+]1CCO[C@H](CSc2nc3cc(S(=O)(=O)N(C)C)ccc3o2)C1. The standard InChI is InChI=1S/C18H27N3O4S2/c1-13(2)10-21-7-8-24-14(11-21)12-26-18-19-16-9-15(5-6-17(16)25-18)27(22,23)20(3)4/h5-6,9,13-14H,7-8,10-12H2,1-4H3/p+1/t14-/m0/s1. The second-order valence-electron chi connectivity index (χ2n) is 7.50. The van der Waals surface area contributed by atoms with Crippen molar-refractivity contribution in [1.29, 1.82) is 0 Å². The van der Waals surface area contributed by atoms with Crippen LogP contribution >= 0.6 is 11.8 Å². The summed E-state index contributed by atoms with van der Waals surface area (Å²) in [5, 5.41) is 0.545. The average molecular weight is 415 g/mol. The molecule has 2 aromatic rings. The fourth-order valence-electron chi connectivity index (χ4n) is 3.21. The van der Waals surface area contributed by atoms with Crippen LogP contribution < -0.4 is 4.90 Å². The molecule has 0 radical (unpaired) electrons. The van der Waals surface area contributed by atoms with Crippen LogP contribution in [0.2, 0.25) is 0 Å². The van der Waals surface area contributed by atoms with E-state index in [9.17, 15) is 8.42 Å². The van der Waals surface area contributed by atoms with Crippen molar-refractivity contribution in [3.8, 4) is 0 Å². The minimum absolute atomic E-state index is 0.178. The second-order valence-corrected chi connectivity index (χ2v) is 10.6. The Hall–Kier alpha value is -1.13. The van der Waals surface area contributed by atoms with Crippen molar-refractivity contribution in [2.45, 2.75) is 30.1 Å². The quantitative estimate of drug-likeness (QED) is 0.684. The molecule has 7 nitrogen and oxygen atoms in total. The van der Waals surface area contributed by atoms with Gasteiger partial charge in [-0.1, -0.05) is 25.6 Å². The largest absolute Gasteiger partial charge is 0.431 e. The van der Waals surface area contributed by atoms with Crippen molar-refractivity contribution in [3.63, 3.8) is 0 Å². The molecule has 9 heteroatoms. The van der Waals surface area contributed by atoms with Crippen LogP contribution in [0.25, 0.3) is 11.1 Å². The summed E-state index contributed by atoms with van der Waals surface area (Å²) in [6, 6.07) is 4.77. The summed E-state index contributed by atoms with van der Waals surface area (Å²) in [4.78, 5) is 6.25. The van der Waals surface area contributed by atoms with E-state index in [1.165, 1.54) is 30.2 Å². The zero-order valence-electron chi connectivity index (χ0n) is 16.3. The number of hydrogen-bond acceptors (Lipinski definition) is 6. The molecule has 1 aromatic carbocycles. The average Bonchev–Trinajstić information content (AvgIpc) is 3.01. The predicted molar refractivity (Wildman–Crippen MR) is 106 cm³/mol. The molecule has 1 aliphatic rings. The Kier molecular flexibility index (Phi) is 6.47. The van der Waals surface area contributed by atoms with Gasteiger partial charge < -0.3 is 14.1 Å². The molecule has 150 valence electrons. The molecule has 1 unspecified atom stereocenters. The summed E-state index contributed by atoms with van der Waals surface area (Å²) in [6.45, 7) is 8.50. The molecule has 1 N–H and O–H groups in total. The molecular weight excluding hydrogens is 386 g/mol. The van der Waals surface area contributed by atoms with Gasteiger partial charge in [-0.25, -0.2) is 17.7 Å². The lowest BCUT2D eigenvalue weighted by molar-refractivity contribution is -0.914. The number of nitrogens with one attached hydrogen (secondary N) is 1. The minimum Gasteiger partial charge on any atom is -0.431 e. The minimum atomic E-state index is -3.48. The summed E-state index contributed by atoms with van der Waals surface area (Å²) < 4.78 is 37.4. The van der Waals surface area contributed by atoms with E-state index in [2.05, 4.69) is 18.8 Å². The number of benzene rings is 1. The number of fused-ring (bicyclic) bond motifs is 1. The van der Waals surface area contributed by atoms with Gasteiger partial charge in [0, 0.05) is 25.8 Å². The van der Waals surface area contributed by atoms with Gasteiger partial charge in [-0.3, -0.25) is 0 Å². The zero-order chi connectivity index (χ0) is 19.6. The normalized spacial score (nSPS) is 21.4. The lowest BCUT2D eigenvalue weighted by atomic mass is 10.2. The molecule has 0 spiro atoms. The number of nitrogens with zero attached hydrogens (tertiary/aromatic N) is 2. The Morgan fingerprint density at radius 3 is 2.85 bits per heavy atom. The van der Waals surface area contributed by atoms with Gasteiger partial charge in [-0.2, -0.15) is 0 Å².